The zero-order valence-corrected chi connectivity index (χ0v) is 16.5. The van der Waals surface area contributed by atoms with Crippen LogP contribution in [0.4, 0.5) is 5.13 Å². The number of anilines is 1. The maximum absolute atomic E-state index is 12.4. The summed E-state index contributed by atoms with van der Waals surface area (Å²) in [5.74, 6) is 0.479. The molecule has 0 fully saturated rings. The van der Waals surface area contributed by atoms with E-state index in [-0.39, 0.29) is 5.91 Å². The molecule has 0 aliphatic heterocycles. The van der Waals surface area contributed by atoms with Crippen LogP contribution in [-0.4, -0.2) is 18.0 Å². The van der Waals surface area contributed by atoms with Crippen LogP contribution in [0.25, 0.3) is 11.3 Å². The Morgan fingerprint density at radius 3 is 2.64 bits per heavy atom. The molecule has 4 nitrogen and oxygen atoms in total. The van der Waals surface area contributed by atoms with Gasteiger partial charge in [0, 0.05) is 16.5 Å². The van der Waals surface area contributed by atoms with Gasteiger partial charge in [-0.2, -0.15) is 0 Å². The summed E-state index contributed by atoms with van der Waals surface area (Å²) in [6.07, 6.45) is 0. The molecule has 128 valence electrons. The van der Waals surface area contributed by atoms with Crippen LogP contribution in [0.15, 0.2) is 46.3 Å². The Morgan fingerprint density at radius 1 is 1.16 bits per heavy atom. The first-order valence-corrected chi connectivity index (χ1v) is 9.33. The Balaban J connectivity index is 1.77. The van der Waals surface area contributed by atoms with Crippen LogP contribution < -0.4 is 10.1 Å². The van der Waals surface area contributed by atoms with Crippen molar-refractivity contribution in [2.24, 2.45) is 0 Å². The highest BCUT2D eigenvalue weighted by atomic mass is 79.9. The molecule has 3 aromatic rings. The number of benzene rings is 2. The highest BCUT2D eigenvalue weighted by Gasteiger charge is 2.12. The number of ether oxygens (including phenoxy) is 1. The topological polar surface area (TPSA) is 51.2 Å². The SMILES string of the molecule is COc1ccc(C(=O)Nc2nc(-c3ccc(C)c(C)c3)cs2)cc1Br. The number of hydrogen-bond acceptors (Lipinski definition) is 4. The Hall–Kier alpha value is -2.18. The zero-order chi connectivity index (χ0) is 18.0. The maximum Gasteiger partial charge on any atom is 0.257 e. The number of carbonyl (C=O) groups excluding carboxylic acids is 1. The minimum atomic E-state index is -0.204. The fraction of sp³-hybridized carbons (Fsp3) is 0.158. The van der Waals surface area contributed by atoms with E-state index >= 15 is 0 Å². The highest BCUT2D eigenvalue weighted by molar-refractivity contribution is 9.10. The summed E-state index contributed by atoms with van der Waals surface area (Å²) in [6, 6.07) is 11.4. The molecule has 0 radical (unpaired) electrons. The van der Waals surface area contributed by atoms with Crippen molar-refractivity contribution in [3.8, 4) is 17.0 Å². The summed E-state index contributed by atoms with van der Waals surface area (Å²) >= 11 is 4.80. The largest absolute Gasteiger partial charge is 0.496 e. The lowest BCUT2D eigenvalue weighted by Crippen LogP contribution is -2.11. The van der Waals surface area contributed by atoms with Crippen molar-refractivity contribution < 1.29 is 9.53 Å². The Bertz CT molecular complexity index is 937. The van der Waals surface area contributed by atoms with E-state index in [9.17, 15) is 4.79 Å². The molecule has 25 heavy (non-hydrogen) atoms. The molecule has 1 heterocycles. The molecular weight excluding hydrogens is 400 g/mol. The van der Waals surface area contributed by atoms with E-state index in [2.05, 4.69) is 52.2 Å². The van der Waals surface area contributed by atoms with Crippen LogP contribution >= 0.6 is 27.3 Å². The molecule has 0 aliphatic carbocycles. The van der Waals surface area contributed by atoms with Gasteiger partial charge in [0.05, 0.1) is 17.3 Å². The van der Waals surface area contributed by atoms with Crippen LogP contribution in [0.5, 0.6) is 5.75 Å². The minimum Gasteiger partial charge on any atom is -0.496 e. The van der Waals surface area contributed by atoms with Crippen LogP contribution in [0.1, 0.15) is 21.5 Å². The molecular formula is C19H17BrN2O2S. The summed E-state index contributed by atoms with van der Waals surface area (Å²) in [6.45, 7) is 4.16. The summed E-state index contributed by atoms with van der Waals surface area (Å²) in [5.41, 5.74) is 4.92. The normalized spacial score (nSPS) is 10.6. The van der Waals surface area contributed by atoms with E-state index in [0.29, 0.717) is 16.4 Å². The fourth-order valence-electron chi connectivity index (χ4n) is 2.34. The van der Waals surface area contributed by atoms with E-state index in [4.69, 9.17) is 4.74 Å². The third kappa shape index (κ3) is 3.91. The number of nitrogens with one attached hydrogen (secondary N) is 1. The van der Waals surface area contributed by atoms with Crippen molar-refractivity contribution in [2.45, 2.75) is 13.8 Å². The average Bonchev–Trinajstić information content (AvgIpc) is 3.05. The van der Waals surface area contributed by atoms with Crippen molar-refractivity contribution in [3.63, 3.8) is 0 Å². The van der Waals surface area contributed by atoms with Gasteiger partial charge in [0.1, 0.15) is 5.75 Å². The Morgan fingerprint density at radius 2 is 1.96 bits per heavy atom. The van der Waals surface area contributed by atoms with E-state index in [1.807, 2.05) is 11.4 Å². The van der Waals surface area contributed by atoms with Crippen molar-refractivity contribution in [3.05, 3.63) is 62.9 Å². The molecule has 2 aromatic carbocycles. The van der Waals surface area contributed by atoms with E-state index in [1.54, 1.807) is 25.3 Å². The zero-order valence-electron chi connectivity index (χ0n) is 14.1. The number of hydrogen-bond donors (Lipinski definition) is 1. The second kappa shape index (κ2) is 7.37. The molecule has 0 saturated carbocycles. The molecule has 1 aromatic heterocycles. The number of rotatable bonds is 4. The molecule has 0 saturated heterocycles. The van der Waals surface area contributed by atoms with Gasteiger partial charge in [0.25, 0.3) is 5.91 Å². The van der Waals surface area contributed by atoms with E-state index in [1.165, 1.54) is 22.5 Å². The second-order valence-electron chi connectivity index (χ2n) is 5.64. The number of aryl methyl sites for hydroxylation is 2. The van der Waals surface area contributed by atoms with Crippen molar-refractivity contribution in [2.75, 3.05) is 12.4 Å². The molecule has 0 aliphatic rings. The van der Waals surface area contributed by atoms with Gasteiger partial charge >= 0.3 is 0 Å². The van der Waals surface area contributed by atoms with Crippen LogP contribution in [-0.2, 0) is 0 Å². The average molecular weight is 417 g/mol. The maximum atomic E-state index is 12.4. The molecule has 1 N–H and O–H groups in total. The minimum absolute atomic E-state index is 0.204. The van der Waals surface area contributed by atoms with Gasteiger partial charge in [0.2, 0.25) is 0 Å². The lowest BCUT2D eigenvalue weighted by atomic mass is 10.1. The molecule has 0 bridgehead atoms. The fourth-order valence-corrected chi connectivity index (χ4v) is 3.60. The summed E-state index contributed by atoms with van der Waals surface area (Å²) in [7, 11) is 1.59. The first-order valence-electron chi connectivity index (χ1n) is 7.66. The first kappa shape index (κ1) is 17.6. The summed E-state index contributed by atoms with van der Waals surface area (Å²) in [4.78, 5) is 16.9. The van der Waals surface area contributed by atoms with E-state index < -0.39 is 0 Å². The lowest BCUT2D eigenvalue weighted by molar-refractivity contribution is 0.102. The van der Waals surface area contributed by atoms with Gasteiger partial charge in [-0.15, -0.1) is 11.3 Å². The number of nitrogens with zero attached hydrogens (tertiary/aromatic N) is 1. The predicted molar refractivity (Wildman–Crippen MR) is 106 cm³/mol. The van der Waals surface area contributed by atoms with Crippen molar-refractivity contribution >= 4 is 38.3 Å². The molecule has 0 atom stereocenters. The van der Waals surface area contributed by atoms with Crippen LogP contribution in [0.3, 0.4) is 0 Å². The predicted octanol–water partition coefficient (Wildman–Crippen LogP) is 5.45. The number of amides is 1. The number of carbonyl (C=O) groups is 1. The number of methoxy groups -OCH3 is 1. The van der Waals surface area contributed by atoms with Gasteiger partial charge in [-0.05, 0) is 65.2 Å². The van der Waals surface area contributed by atoms with Crippen molar-refractivity contribution in [1.82, 2.24) is 4.98 Å². The van der Waals surface area contributed by atoms with Crippen LogP contribution in [0.2, 0.25) is 0 Å². The smallest absolute Gasteiger partial charge is 0.257 e. The van der Waals surface area contributed by atoms with Gasteiger partial charge < -0.3 is 4.74 Å². The van der Waals surface area contributed by atoms with Crippen molar-refractivity contribution in [1.29, 1.82) is 0 Å². The Kier molecular flexibility index (Phi) is 5.20. The van der Waals surface area contributed by atoms with Gasteiger partial charge in [-0.1, -0.05) is 12.1 Å². The molecule has 6 heteroatoms. The molecule has 1 amide bonds. The first-order chi connectivity index (χ1) is 12.0. The van der Waals surface area contributed by atoms with Gasteiger partial charge in [0.15, 0.2) is 5.13 Å². The number of thiazole rings is 1. The van der Waals surface area contributed by atoms with Gasteiger partial charge in [-0.25, -0.2) is 4.98 Å². The summed E-state index contributed by atoms with van der Waals surface area (Å²) < 4.78 is 5.91. The summed E-state index contributed by atoms with van der Waals surface area (Å²) in [5, 5.41) is 5.37. The highest BCUT2D eigenvalue weighted by Crippen LogP contribution is 2.28. The Labute approximate surface area is 159 Å². The van der Waals surface area contributed by atoms with E-state index in [0.717, 1.165) is 15.7 Å². The lowest BCUT2D eigenvalue weighted by Gasteiger charge is -2.06. The standard InChI is InChI=1S/C19H17BrN2O2S/c1-11-4-5-13(8-12(11)2)16-10-25-19(21-16)22-18(23)14-6-7-17(24-3)15(20)9-14/h4-10H,1-3H3,(H,21,22,23). The molecule has 0 spiro atoms. The molecule has 3 rings (SSSR count). The molecule has 0 unspecified atom stereocenters. The monoisotopic (exact) mass is 416 g/mol. The third-order valence-corrected chi connectivity index (χ3v) is 5.32. The number of aromatic nitrogens is 1. The quantitative estimate of drug-likeness (QED) is 0.614. The van der Waals surface area contributed by atoms with Gasteiger partial charge in [-0.3, -0.25) is 10.1 Å². The third-order valence-electron chi connectivity index (χ3n) is 3.94. The second-order valence-corrected chi connectivity index (χ2v) is 7.35. The van der Waals surface area contributed by atoms with Crippen LogP contribution in [0, 0.1) is 13.8 Å². The number of halogens is 1.